The lowest BCUT2D eigenvalue weighted by Crippen LogP contribution is -2.25. The molecule has 2 heterocycles. The molecule has 3 rings (SSSR count). The van der Waals surface area contributed by atoms with Gasteiger partial charge in [-0.1, -0.05) is 6.07 Å². The Balaban J connectivity index is 1.83. The molecule has 0 unspecified atom stereocenters. The largest absolute Gasteiger partial charge is 0.322 e. The van der Waals surface area contributed by atoms with Gasteiger partial charge >= 0.3 is 0 Å². The highest BCUT2D eigenvalue weighted by atomic mass is 16.2. The average Bonchev–Trinajstić information content (AvgIpc) is 2.91. The van der Waals surface area contributed by atoms with Crippen LogP contribution < -0.4 is 10.2 Å². The lowest BCUT2D eigenvalue weighted by molar-refractivity contribution is -0.116. The number of benzene rings is 1. The molecule has 21 heavy (non-hydrogen) atoms. The van der Waals surface area contributed by atoms with Crippen molar-refractivity contribution >= 4 is 23.2 Å². The van der Waals surface area contributed by atoms with Gasteiger partial charge in [-0.25, -0.2) is 0 Å². The topological polar surface area (TPSA) is 62.3 Å². The minimum absolute atomic E-state index is 0.0198. The number of carbonyl (C=O) groups excluding carboxylic acids is 2. The number of aromatic nitrogens is 1. The fourth-order valence-corrected chi connectivity index (χ4v) is 2.49. The molecule has 1 aliphatic heterocycles. The first-order chi connectivity index (χ1) is 10.1. The second-order valence-corrected chi connectivity index (χ2v) is 4.95. The third-order valence-electron chi connectivity index (χ3n) is 3.56. The Bertz CT molecular complexity index is 698. The van der Waals surface area contributed by atoms with E-state index in [-0.39, 0.29) is 11.8 Å². The number of amides is 2. The van der Waals surface area contributed by atoms with E-state index in [1.54, 1.807) is 36.4 Å². The summed E-state index contributed by atoms with van der Waals surface area (Å²) in [5.74, 6) is -0.170. The highest BCUT2D eigenvalue weighted by molar-refractivity contribution is 6.04. The van der Waals surface area contributed by atoms with Crippen molar-refractivity contribution in [2.24, 2.45) is 0 Å². The zero-order valence-corrected chi connectivity index (χ0v) is 11.7. The Morgan fingerprint density at radius 3 is 2.67 bits per heavy atom. The lowest BCUT2D eigenvalue weighted by atomic mass is 10.1. The van der Waals surface area contributed by atoms with Gasteiger partial charge in [0.1, 0.15) is 0 Å². The number of hydrogen-bond donors (Lipinski definition) is 1. The molecule has 1 aliphatic rings. The summed E-state index contributed by atoms with van der Waals surface area (Å²) in [5, 5.41) is 2.84. The first kappa shape index (κ1) is 13.3. The van der Waals surface area contributed by atoms with Crippen LogP contribution in [-0.2, 0) is 11.2 Å². The summed E-state index contributed by atoms with van der Waals surface area (Å²) in [7, 11) is 0. The molecular formula is C16H15N3O2. The Labute approximate surface area is 122 Å². The van der Waals surface area contributed by atoms with Crippen molar-refractivity contribution in [1.29, 1.82) is 0 Å². The van der Waals surface area contributed by atoms with E-state index >= 15 is 0 Å². The minimum atomic E-state index is -0.190. The van der Waals surface area contributed by atoms with Crippen molar-refractivity contribution in [1.82, 2.24) is 4.98 Å². The van der Waals surface area contributed by atoms with Crippen LogP contribution in [0.5, 0.6) is 0 Å². The molecule has 5 nitrogen and oxygen atoms in total. The molecule has 0 saturated heterocycles. The van der Waals surface area contributed by atoms with E-state index < -0.39 is 0 Å². The van der Waals surface area contributed by atoms with E-state index in [0.29, 0.717) is 17.8 Å². The van der Waals surface area contributed by atoms with Crippen LogP contribution in [0.3, 0.4) is 0 Å². The molecule has 0 fully saturated rings. The number of anilines is 2. The molecule has 1 N–H and O–H groups in total. The average molecular weight is 281 g/mol. The molecule has 0 radical (unpaired) electrons. The molecule has 2 amide bonds. The van der Waals surface area contributed by atoms with E-state index in [1.807, 2.05) is 18.2 Å². The molecule has 5 heteroatoms. The third-order valence-corrected chi connectivity index (χ3v) is 3.56. The molecular weight excluding hydrogens is 266 g/mol. The molecule has 1 aromatic heterocycles. The molecule has 0 aliphatic carbocycles. The lowest BCUT2D eigenvalue weighted by Gasteiger charge is -2.15. The number of hydrogen-bond acceptors (Lipinski definition) is 3. The van der Waals surface area contributed by atoms with Crippen molar-refractivity contribution in [3.8, 4) is 0 Å². The summed E-state index contributed by atoms with van der Waals surface area (Å²) in [4.78, 5) is 29.3. The van der Waals surface area contributed by atoms with Gasteiger partial charge in [0.25, 0.3) is 5.91 Å². The van der Waals surface area contributed by atoms with Crippen LogP contribution in [0.25, 0.3) is 0 Å². The van der Waals surface area contributed by atoms with Crippen LogP contribution in [0.1, 0.15) is 22.8 Å². The van der Waals surface area contributed by atoms with Crippen LogP contribution in [0, 0.1) is 0 Å². The normalized spacial score (nSPS) is 12.9. The minimum Gasteiger partial charge on any atom is -0.322 e. The second-order valence-electron chi connectivity index (χ2n) is 4.95. The number of fused-ring (bicyclic) bond motifs is 1. The van der Waals surface area contributed by atoms with Gasteiger partial charge in [0, 0.05) is 42.8 Å². The summed E-state index contributed by atoms with van der Waals surface area (Å²) in [6, 6.07) is 8.99. The first-order valence-corrected chi connectivity index (χ1v) is 6.77. The van der Waals surface area contributed by atoms with Gasteiger partial charge in [-0.3, -0.25) is 14.6 Å². The smallest absolute Gasteiger partial charge is 0.255 e. The molecule has 2 aromatic rings. The van der Waals surface area contributed by atoms with Crippen molar-refractivity contribution in [2.45, 2.75) is 13.3 Å². The number of nitrogens with zero attached hydrogens (tertiary/aromatic N) is 2. The second kappa shape index (κ2) is 5.36. The standard InChI is InChI=1S/C16H15N3O2/c1-11(20)19-9-6-12-2-3-14(10-15(12)19)18-16(21)13-4-7-17-8-5-13/h2-5,7-8,10H,6,9H2,1H3,(H,18,21). The third kappa shape index (κ3) is 2.63. The van der Waals surface area contributed by atoms with Crippen LogP contribution in [0.4, 0.5) is 11.4 Å². The van der Waals surface area contributed by atoms with Gasteiger partial charge in [-0.05, 0) is 36.2 Å². The van der Waals surface area contributed by atoms with Crippen molar-refractivity contribution < 1.29 is 9.59 Å². The Morgan fingerprint density at radius 2 is 1.95 bits per heavy atom. The van der Waals surface area contributed by atoms with Gasteiger partial charge in [0.15, 0.2) is 0 Å². The molecule has 106 valence electrons. The number of carbonyl (C=O) groups is 2. The zero-order chi connectivity index (χ0) is 14.8. The highest BCUT2D eigenvalue weighted by Gasteiger charge is 2.22. The highest BCUT2D eigenvalue weighted by Crippen LogP contribution is 2.31. The van der Waals surface area contributed by atoms with Gasteiger partial charge in [-0.2, -0.15) is 0 Å². The van der Waals surface area contributed by atoms with Gasteiger partial charge in [0.05, 0.1) is 0 Å². The Kier molecular flexibility index (Phi) is 3.39. The first-order valence-electron chi connectivity index (χ1n) is 6.77. The quantitative estimate of drug-likeness (QED) is 0.918. The summed E-state index contributed by atoms with van der Waals surface area (Å²) < 4.78 is 0. The molecule has 0 saturated carbocycles. The van der Waals surface area contributed by atoms with Crippen molar-refractivity contribution in [3.05, 3.63) is 53.9 Å². The summed E-state index contributed by atoms with van der Waals surface area (Å²) in [6.07, 6.45) is 4.01. The van der Waals surface area contributed by atoms with Crippen molar-refractivity contribution in [3.63, 3.8) is 0 Å². The molecule has 0 spiro atoms. The predicted octanol–water partition coefficient (Wildman–Crippen LogP) is 2.24. The maximum atomic E-state index is 12.1. The fraction of sp³-hybridized carbons (Fsp3) is 0.188. The van der Waals surface area contributed by atoms with E-state index in [1.165, 1.54) is 0 Å². The number of pyridine rings is 1. The summed E-state index contributed by atoms with van der Waals surface area (Å²) in [5.41, 5.74) is 3.25. The maximum Gasteiger partial charge on any atom is 0.255 e. The summed E-state index contributed by atoms with van der Waals surface area (Å²) >= 11 is 0. The number of rotatable bonds is 2. The van der Waals surface area contributed by atoms with Crippen molar-refractivity contribution in [2.75, 3.05) is 16.8 Å². The van der Waals surface area contributed by atoms with E-state index in [0.717, 1.165) is 17.7 Å². The number of nitrogens with one attached hydrogen (secondary N) is 1. The van der Waals surface area contributed by atoms with Crippen LogP contribution in [-0.4, -0.2) is 23.3 Å². The van der Waals surface area contributed by atoms with Crippen LogP contribution in [0.2, 0.25) is 0 Å². The molecule has 0 atom stereocenters. The van der Waals surface area contributed by atoms with Crippen LogP contribution in [0.15, 0.2) is 42.7 Å². The summed E-state index contributed by atoms with van der Waals surface area (Å²) in [6.45, 7) is 2.25. The Morgan fingerprint density at radius 1 is 1.19 bits per heavy atom. The van der Waals surface area contributed by atoms with E-state index in [2.05, 4.69) is 10.3 Å². The van der Waals surface area contributed by atoms with E-state index in [9.17, 15) is 9.59 Å². The monoisotopic (exact) mass is 281 g/mol. The Hall–Kier alpha value is -2.69. The van der Waals surface area contributed by atoms with Crippen LogP contribution >= 0.6 is 0 Å². The van der Waals surface area contributed by atoms with Gasteiger partial charge < -0.3 is 10.2 Å². The van der Waals surface area contributed by atoms with E-state index in [4.69, 9.17) is 0 Å². The SMILES string of the molecule is CC(=O)N1CCc2ccc(NC(=O)c3ccncc3)cc21. The molecule has 1 aromatic carbocycles. The van der Waals surface area contributed by atoms with Gasteiger partial charge in [-0.15, -0.1) is 0 Å². The maximum absolute atomic E-state index is 12.1. The fourth-order valence-electron chi connectivity index (χ4n) is 2.49. The zero-order valence-electron chi connectivity index (χ0n) is 11.7. The predicted molar refractivity (Wildman–Crippen MR) is 80.4 cm³/mol. The molecule has 0 bridgehead atoms. The van der Waals surface area contributed by atoms with Gasteiger partial charge in [0.2, 0.25) is 5.91 Å².